The molecule has 0 unspecified atom stereocenters. The SMILES string of the molecule is COc1ccc(CNC(=O)N(Cc2ccsc2)Cc2ccccn2)cc1OC. The van der Waals surface area contributed by atoms with Crippen LogP contribution in [0.1, 0.15) is 16.8 Å². The van der Waals surface area contributed by atoms with E-state index in [9.17, 15) is 4.79 Å². The van der Waals surface area contributed by atoms with Gasteiger partial charge in [-0.25, -0.2) is 4.79 Å². The van der Waals surface area contributed by atoms with E-state index in [-0.39, 0.29) is 6.03 Å². The van der Waals surface area contributed by atoms with Crippen molar-refractivity contribution in [2.24, 2.45) is 0 Å². The van der Waals surface area contributed by atoms with Crippen molar-refractivity contribution in [3.63, 3.8) is 0 Å². The molecule has 0 saturated heterocycles. The van der Waals surface area contributed by atoms with E-state index in [1.807, 2.05) is 53.2 Å². The lowest BCUT2D eigenvalue weighted by Crippen LogP contribution is -2.38. The number of methoxy groups -OCH3 is 2. The van der Waals surface area contributed by atoms with Crippen LogP contribution in [0.2, 0.25) is 0 Å². The molecule has 0 fully saturated rings. The fraction of sp³-hybridized carbons (Fsp3) is 0.238. The van der Waals surface area contributed by atoms with Gasteiger partial charge in [0.05, 0.1) is 26.5 Å². The number of urea groups is 1. The smallest absolute Gasteiger partial charge is 0.318 e. The Hall–Kier alpha value is -3.06. The van der Waals surface area contributed by atoms with Gasteiger partial charge in [0.15, 0.2) is 11.5 Å². The molecule has 0 saturated carbocycles. The number of benzene rings is 1. The lowest BCUT2D eigenvalue weighted by atomic mass is 10.2. The van der Waals surface area contributed by atoms with Crippen LogP contribution in [0, 0.1) is 0 Å². The number of amides is 2. The third kappa shape index (κ3) is 5.23. The second-order valence-electron chi connectivity index (χ2n) is 6.16. The maximum atomic E-state index is 12.9. The summed E-state index contributed by atoms with van der Waals surface area (Å²) in [6.07, 6.45) is 1.74. The maximum Gasteiger partial charge on any atom is 0.318 e. The standard InChI is InChI=1S/C21H23N3O3S/c1-26-19-7-6-16(11-20(19)27-2)12-23-21(25)24(13-17-8-10-28-15-17)14-18-5-3-4-9-22-18/h3-11,15H,12-14H2,1-2H3,(H,23,25). The molecule has 7 heteroatoms. The zero-order valence-electron chi connectivity index (χ0n) is 15.9. The van der Waals surface area contributed by atoms with Gasteiger partial charge in [-0.05, 0) is 52.2 Å². The molecule has 0 aliphatic rings. The topological polar surface area (TPSA) is 63.7 Å². The van der Waals surface area contributed by atoms with Gasteiger partial charge >= 0.3 is 6.03 Å². The van der Waals surface area contributed by atoms with Crippen LogP contribution in [0.25, 0.3) is 0 Å². The molecule has 28 heavy (non-hydrogen) atoms. The van der Waals surface area contributed by atoms with E-state index in [0.717, 1.165) is 16.8 Å². The van der Waals surface area contributed by atoms with E-state index in [0.29, 0.717) is 31.1 Å². The molecule has 2 heterocycles. The number of aromatic nitrogens is 1. The number of nitrogens with one attached hydrogen (secondary N) is 1. The molecule has 1 aromatic carbocycles. The largest absolute Gasteiger partial charge is 0.493 e. The first kappa shape index (κ1) is 19.7. The summed E-state index contributed by atoms with van der Waals surface area (Å²) in [5.41, 5.74) is 2.88. The number of hydrogen-bond acceptors (Lipinski definition) is 5. The number of ether oxygens (including phenoxy) is 2. The van der Waals surface area contributed by atoms with Crippen LogP contribution in [0.15, 0.2) is 59.4 Å². The molecule has 2 aromatic heterocycles. The van der Waals surface area contributed by atoms with Crippen molar-refractivity contribution < 1.29 is 14.3 Å². The Bertz CT molecular complexity index is 885. The van der Waals surface area contributed by atoms with Crippen molar-refractivity contribution in [2.45, 2.75) is 19.6 Å². The molecular formula is C21H23N3O3S. The normalized spacial score (nSPS) is 10.4. The fourth-order valence-electron chi connectivity index (χ4n) is 2.77. The first-order chi connectivity index (χ1) is 13.7. The summed E-state index contributed by atoms with van der Waals surface area (Å²) in [7, 11) is 3.19. The van der Waals surface area contributed by atoms with Gasteiger partial charge in [-0.15, -0.1) is 0 Å². The molecule has 0 aliphatic carbocycles. The van der Waals surface area contributed by atoms with E-state index in [1.54, 1.807) is 36.7 Å². The highest BCUT2D eigenvalue weighted by molar-refractivity contribution is 7.07. The van der Waals surface area contributed by atoms with Crippen LogP contribution in [0.3, 0.4) is 0 Å². The van der Waals surface area contributed by atoms with Crippen molar-refractivity contribution >= 4 is 17.4 Å². The number of pyridine rings is 1. The molecule has 0 radical (unpaired) electrons. The van der Waals surface area contributed by atoms with Crippen LogP contribution < -0.4 is 14.8 Å². The highest BCUT2D eigenvalue weighted by Gasteiger charge is 2.16. The Kier molecular flexibility index (Phi) is 6.86. The van der Waals surface area contributed by atoms with Gasteiger partial charge in [-0.1, -0.05) is 12.1 Å². The lowest BCUT2D eigenvalue weighted by molar-refractivity contribution is 0.191. The third-order valence-corrected chi connectivity index (χ3v) is 4.94. The summed E-state index contributed by atoms with van der Waals surface area (Å²) in [6, 6.07) is 13.2. The Labute approximate surface area is 168 Å². The zero-order chi connectivity index (χ0) is 19.8. The van der Waals surface area contributed by atoms with Crippen LogP contribution in [-0.2, 0) is 19.6 Å². The van der Waals surface area contributed by atoms with Crippen molar-refractivity contribution in [3.05, 3.63) is 76.2 Å². The van der Waals surface area contributed by atoms with Crippen LogP contribution in [0.4, 0.5) is 4.79 Å². The maximum absolute atomic E-state index is 12.9. The van der Waals surface area contributed by atoms with Crippen LogP contribution >= 0.6 is 11.3 Å². The van der Waals surface area contributed by atoms with Gasteiger partial charge < -0.3 is 19.7 Å². The number of rotatable bonds is 8. The minimum absolute atomic E-state index is 0.147. The van der Waals surface area contributed by atoms with Crippen molar-refractivity contribution in [2.75, 3.05) is 14.2 Å². The minimum atomic E-state index is -0.147. The highest BCUT2D eigenvalue weighted by Crippen LogP contribution is 2.27. The number of carbonyl (C=O) groups excluding carboxylic acids is 1. The molecule has 0 bridgehead atoms. The third-order valence-electron chi connectivity index (χ3n) is 4.21. The van der Waals surface area contributed by atoms with Crippen molar-refractivity contribution in [1.82, 2.24) is 15.2 Å². The van der Waals surface area contributed by atoms with Gasteiger partial charge in [0, 0.05) is 19.3 Å². The number of thiophene rings is 1. The summed E-state index contributed by atoms with van der Waals surface area (Å²) in [5, 5.41) is 7.05. The number of hydrogen-bond donors (Lipinski definition) is 1. The molecule has 1 N–H and O–H groups in total. The van der Waals surface area contributed by atoms with Crippen molar-refractivity contribution in [3.8, 4) is 11.5 Å². The Morgan fingerprint density at radius 3 is 2.61 bits per heavy atom. The van der Waals surface area contributed by atoms with Crippen LogP contribution in [-0.4, -0.2) is 30.1 Å². The van der Waals surface area contributed by atoms with Gasteiger partial charge in [-0.3, -0.25) is 4.98 Å². The predicted octanol–water partition coefficient (Wildman–Crippen LogP) is 4.07. The lowest BCUT2D eigenvalue weighted by Gasteiger charge is -2.22. The van der Waals surface area contributed by atoms with Gasteiger partial charge in [-0.2, -0.15) is 11.3 Å². The van der Waals surface area contributed by atoms with E-state index < -0.39 is 0 Å². The summed E-state index contributed by atoms with van der Waals surface area (Å²) in [5.74, 6) is 1.30. The van der Waals surface area contributed by atoms with E-state index in [4.69, 9.17) is 9.47 Å². The fourth-order valence-corrected chi connectivity index (χ4v) is 3.43. The first-order valence-electron chi connectivity index (χ1n) is 8.84. The summed E-state index contributed by atoms with van der Waals surface area (Å²) in [4.78, 5) is 19.0. The molecule has 6 nitrogen and oxygen atoms in total. The Morgan fingerprint density at radius 2 is 1.93 bits per heavy atom. The molecule has 2 amide bonds. The number of carbonyl (C=O) groups is 1. The molecule has 3 aromatic rings. The molecule has 0 aliphatic heterocycles. The number of nitrogens with zero attached hydrogens (tertiary/aromatic N) is 2. The summed E-state index contributed by atoms with van der Waals surface area (Å²) >= 11 is 1.62. The van der Waals surface area contributed by atoms with Gasteiger partial charge in [0.25, 0.3) is 0 Å². The molecule has 0 atom stereocenters. The molecule has 146 valence electrons. The molecule has 3 rings (SSSR count). The average molecular weight is 398 g/mol. The second kappa shape index (κ2) is 9.75. The van der Waals surface area contributed by atoms with E-state index in [1.165, 1.54) is 0 Å². The quantitative estimate of drug-likeness (QED) is 0.622. The van der Waals surface area contributed by atoms with Gasteiger partial charge in [0.2, 0.25) is 0 Å². The highest BCUT2D eigenvalue weighted by atomic mass is 32.1. The molecular weight excluding hydrogens is 374 g/mol. The predicted molar refractivity (Wildman–Crippen MR) is 110 cm³/mol. The Morgan fingerprint density at radius 1 is 1.07 bits per heavy atom. The Balaban J connectivity index is 1.68. The zero-order valence-corrected chi connectivity index (χ0v) is 16.7. The van der Waals surface area contributed by atoms with Crippen molar-refractivity contribution in [1.29, 1.82) is 0 Å². The van der Waals surface area contributed by atoms with Gasteiger partial charge in [0.1, 0.15) is 0 Å². The second-order valence-corrected chi connectivity index (χ2v) is 6.94. The minimum Gasteiger partial charge on any atom is -0.493 e. The molecule has 0 spiro atoms. The summed E-state index contributed by atoms with van der Waals surface area (Å²) < 4.78 is 10.6. The average Bonchev–Trinajstić information content (AvgIpc) is 3.25. The monoisotopic (exact) mass is 397 g/mol. The van der Waals surface area contributed by atoms with E-state index in [2.05, 4.69) is 10.3 Å². The van der Waals surface area contributed by atoms with E-state index >= 15 is 0 Å². The summed E-state index contributed by atoms with van der Waals surface area (Å²) in [6.45, 7) is 1.35. The first-order valence-corrected chi connectivity index (χ1v) is 9.78. The van der Waals surface area contributed by atoms with Crippen LogP contribution in [0.5, 0.6) is 11.5 Å².